The zero-order valence-corrected chi connectivity index (χ0v) is 13.2. The first kappa shape index (κ1) is 16.2. The van der Waals surface area contributed by atoms with Gasteiger partial charge >= 0.3 is 0 Å². The number of pyridine rings is 1. The van der Waals surface area contributed by atoms with Crippen LogP contribution in [0.15, 0.2) is 24.4 Å². The van der Waals surface area contributed by atoms with Crippen LogP contribution >= 0.6 is 0 Å². The largest absolute Gasteiger partial charge is 0.366 e. The Labute approximate surface area is 137 Å². The van der Waals surface area contributed by atoms with Gasteiger partial charge < -0.3 is 10.6 Å². The van der Waals surface area contributed by atoms with Gasteiger partial charge in [0.2, 0.25) is 5.95 Å². The highest BCUT2D eigenvalue weighted by Gasteiger charge is 2.35. The van der Waals surface area contributed by atoms with Crippen molar-refractivity contribution in [1.29, 1.82) is 0 Å². The molecule has 0 saturated carbocycles. The zero-order chi connectivity index (χ0) is 17.3. The van der Waals surface area contributed by atoms with E-state index in [1.54, 1.807) is 36.2 Å². The Hall–Kier alpha value is -2.64. The lowest BCUT2D eigenvalue weighted by Gasteiger charge is -2.32. The summed E-state index contributed by atoms with van der Waals surface area (Å²) in [5, 5.41) is 0. The Kier molecular flexibility index (Phi) is 4.13. The molecule has 2 aromatic heterocycles. The van der Waals surface area contributed by atoms with E-state index in [1.165, 1.54) is 0 Å². The van der Waals surface area contributed by atoms with Crippen molar-refractivity contribution in [2.24, 2.45) is 5.73 Å². The monoisotopic (exact) mass is 333 g/mol. The molecule has 2 aromatic rings. The number of piperidine rings is 1. The molecule has 0 bridgehead atoms. The number of nitrogens with zero attached hydrogens (tertiary/aromatic N) is 4. The average molecular weight is 333 g/mol. The highest BCUT2D eigenvalue weighted by Crippen LogP contribution is 2.30. The molecule has 1 aliphatic rings. The van der Waals surface area contributed by atoms with Gasteiger partial charge in [0.05, 0.1) is 11.3 Å². The van der Waals surface area contributed by atoms with Gasteiger partial charge in [-0.05, 0) is 25.1 Å². The molecule has 0 unspecified atom stereocenters. The zero-order valence-electron chi connectivity index (χ0n) is 13.2. The molecule has 24 heavy (non-hydrogen) atoms. The van der Waals surface area contributed by atoms with Crippen molar-refractivity contribution in [2.45, 2.75) is 25.7 Å². The van der Waals surface area contributed by atoms with E-state index in [4.69, 9.17) is 5.73 Å². The number of rotatable bonds is 3. The quantitative estimate of drug-likeness (QED) is 0.930. The van der Waals surface area contributed by atoms with Gasteiger partial charge in [-0.1, -0.05) is 0 Å². The number of nitrogens with two attached hydrogens (primary N) is 1. The third-order valence-electron chi connectivity index (χ3n) is 3.94. The van der Waals surface area contributed by atoms with E-state index < -0.39 is 11.8 Å². The molecule has 0 radical (unpaired) electrons. The van der Waals surface area contributed by atoms with Crippen molar-refractivity contribution >= 4 is 11.9 Å². The van der Waals surface area contributed by atoms with Gasteiger partial charge in [0, 0.05) is 37.8 Å². The molecule has 3 heterocycles. The predicted molar refractivity (Wildman–Crippen MR) is 84.9 cm³/mol. The van der Waals surface area contributed by atoms with E-state index in [0.29, 0.717) is 23.0 Å². The van der Waals surface area contributed by atoms with E-state index in [1.807, 2.05) is 0 Å². The van der Waals surface area contributed by atoms with Crippen molar-refractivity contribution in [3.63, 3.8) is 0 Å². The summed E-state index contributed by atoms with van der Waals surface area (Å²) in [6.07, 6.45) is 1.09. The number of carbonyl (C=O) groups is 1. The number of alkyl halides is 2. The second-order valence-corrected chi connectivity index (χ2v) is 5.80. The first-order valence-corrected chi connectivity index (χ1v) is 7.59. The molecule has 1 amide bonds. The van der Waals surface area contributed by atoms with Gasteiger partial charge in [-0.15, -0.1) is 0 Å². The Balaban J connectivity index is 1.97. The van der Waals surface area contributed by atoms with Crippen molar-refractivity contribution in [2.75, 3.05) is 18.0 Å². The first-order valence-electron chi connectivity index (χ1n) is 7.59. The minimum absolute atomic E-state index is 0.181. The van der Waals surface area contributed by atoms with Crippen molar-refractivity contribution in [3.05, 3.63) is 35.7 Å². The first-order chi connectivity index (χ1) is 11.4. The summed E-state index contributed by atoms with van der Waals surface area (Å²) >= 11 is 0. The van der Waals surface area contributed by atoms with E-state index >= 15 is 0 Å². The number of amides is 1. The number of aromatic nitrogens is 3. The SMILES string of the molecule is Cc1cc(-c2ncccc2C(N)=O)nc(N2CCC(F)(F)CC2)n1. The van der Waals surface area contributed by atoms with Gasteiger partial charge in [-0.2, -0.15) is 0 Å². The lowest BCUT2D eigenvalue weighted by atomic mass is 10.1. The second-order valence-electron chi connectivity index (χ2n) is 5.80. The molecule has 1 fully saturated rings. The fourth-order valence-electron chi connectivity index (χ4n) is 2.66. The summed E-state index contributed by atoms with van der Waals surface area (Å²) in [5.74, 6) is -2.88. The summed E-state index contributed by atoms with van der Waals surface area (Å²) in [4.78, 5) is 26.2. The van der Waals surface area contributed by atoms with Gasteiger partial charge in [0.1, 0.15) is 5.69 Å². The molecule has 3 rings (SSSR count). The standard InChI is InChI=1S/C16H17F2N5O/c1-10-9-12(13-11(14(19)24)3-2-6-20-13)22-15(21-10)23-7-4-16(17,18)5-8-23/h2-3,6,9H,4-5,7-8H2,1H3,(H2,19,24). The number of hydrogen-bond donors (Lipinski definition) is 1. The number of anilines is 1. The Morgan fingerprint density at radius 1 is 1.29 bits per heavy atom. The van der Waals surface area contributed by atoms with Crippen molar-refractivity contribution < 1.29 is 13.6 Å². The minimum atomic E-state index is -2.64. The van der Waals surface area contributed by atoms with Crippen molar-refractivity contribution in [3.8, 4) is 11.4 Å². The second kappa shape index (κ2) is 6.10. The van der Waals surface area contributed by atoms with E-state index in [2.05, 4.69) is 15.0 Å². The third kappa shape index (κ3) is 3.32. The van der Waals surface area contributed by atoms with Crippen LogP contribution in [0.25, 0.3) is 11.4 Å². The minimum Gasteiger partial charge on any atom is -0.366 e. The van der Waals surface area contributed by atoms with Gasteiger partial charge in [-0.3, -0.25) is 9.78 Å². The summed E-state index contributed by atoms with van der Waals surface area (Å²) < 4.78 is 26.7. The molecular formula is C16H17F2N5O. The van der Waals surface area contributed by atoms with Gasteiger partial charge in [-0.25, -0.2) is 18.7 Å². The van der Waals surface area contributed by atoms with Gasteiger partial charge in [0.15, 0.2) is 0 Å². The molecule has 6 nitrogen and oxygen atoms in total. The molecule has 2 N–H and O–H groups in total. The van der Waals surface area contributed by atoms with Crippen LogP contribution in [0.2, 0.25) is 0 Å². The molecule has 0 aliphatic carbocycles. The molecular weight excluding hydrogens is 316 g/mol. The summed E-state index contributed by atoms with van der Waals surface area (Å²) in [5.41, 5.74) is 7.11. The van der Waals surface area contributed by atoms with Gasteiger partial charge in [0.25, 0.3) is 11.8 Å². The number of primary amides is 1. The summed E-state index contributed by atoms with van der Waals surface area (Å²) in [7, 11) is 0. The fourth-order valence-corrected chi connectivity index (χ4v) is 2.66. The molecule has 0 aromatic carbocycles. The maximum atomic E-state index is 13.3. The maximum absolute atomic E-state index is 13.3. The van der Waals surface area contributed by atoms with Crippen LogP contribution in [0, 0.1) is 6.92 Å². The highest BCUT2D eigenvalue weighted by atomic mass is 19.3. The topological polar surface area (TPSA) is 85.0 Å². The smallest absolute Gasteiger partial charge is 0.251 e. The van der Waals surface area contributed by atoms with Crippen LogP contribution in [0.5, 0.6) is 0 Å². The molecule has 0 atom stereocenters. The molecule has 8 heteroatoms. The highest BCUT2D eigenvalue weighted by molar-refractivity contribution is 5.98. The fraction of sp³-hybridized carbons (Fsp3) is 0.375. The lowest BCUT2D eigenvalue weighted by molar-refractivity contribution is -0.0222. The molecule has 1 saturated heterocycles. The summed E-state index contributed by atoms with van der Waals surface area (Å²) in [6.45, 7) is 2.14. The Morgan fingerprint density at radius 2 is 2.00 bits per heavy atom. The Morgan fingerprint density at radius 3 is 2.67 bits per heavy atom. The van der Waals surface area contributed by atoms with Crippen LogP contribution in [-0.4, -0.2) is 39.9 Å². The van der Waals surface area contributed by atoms with E-state index in [-0.39, 0.29) is 31.5 Å². The predicted octanol–water partition coefficient (Wildman–Crippen LogP) is 2.18. The maximum Gasteiger partial charge on any atom is 0.251 e. The number of halogens is 2. The summed E-state index contributed by atoms with van der Waals surface area (Å²) in [6, 6.07) is 4.88. The van der Waals surface area contributed by atoms with Crippen molar-refractivity contribution in [1.82, 2.24) is 15.0 Å². The number of carbonyl (C=O) groups excluding carboxylic acids is 1. The van der Waals surface area contributed by atoms with E-state index in [9.17, 15) is 13.6 Å². The van der Waals surface area contributed by atoms with Crippen LogP contribution in [0.1, 0.15) is 28.9 Å². The van der Waals surface area contributed by atoms with Crippen LogP contribution in [0.4, 0.5) is 14.7 Å². The average Bonchev–Trinajstić information content (AvgIpc) is 2.54. The third-order valence-corrected chi connectivity index (χ3v) is 3.94. The van der Waals surface area contributed by atoms with Crippen LogP contribution < -0.4 is 10.6 Å². The van der Waals surface area contributed by atoms with Crippen LogP contribution in [-0.2, 0) is 0 Å². The Bertz CT molecular complexity index is 771. The molecule has 1 aliphatic heterocycles. The normalized spacial score (nSPS) is 16.9. The lowest BCUT2D eigenvalue weighted by Crippen LogP contribution is -2.40. The number of hydrogen-bond acceptors (Lipinski definition) is 5. The van der Waals surface area contributed by atoms with E-state index in [0.717, 1.165) is 0 Å². The molecule has 126 valence electrons. The van der Waals surface area contributed by atoms with Crippen LogP contribution in [0.3, 0.4) is 0 Å². The molecule has 0 spiro atoms. The number of aryl methyl sites for hydroxylation is 1.